The highest BCUT2D eigenvalue weighted by Crippen LogP contribution is 2.43. The molecule has 0 unspecified atom stereocenters. The summed E-state index contributed by atoms with van der Waals surface area (Å²) in [6.07, 6.45) is 5.64. The molecular weight excluding hydrogens is 374 g/mol. The minimum atomic E-state index is -0.855. The van der Waals surface area contributed by atoms with Crippen LogP contribution in [0.3, 0.4) is 0 Å². The number of carbonyl (C=O) groups is 2. The maximum Gasteiger partial charge on any atom is 0.259 e. The summed E-state index contributed by atoms with van der Waals surface area (Å²) in [5, 5.41) is 22.8. The summed E-state index contributed by atoms with van der Waals surface area (Å²) in [5.74, 6) is -2.19. The summed E-state index contributed by atoms with van der Waals surface area (Å²) in [6, 6.07) is 0. The van der Waals surface area contributed by atoms with Crippen molar-refractivity contribution in [1.29, 1.82) is 0 Å². The van der Waals surface area contributed by atoms with Gasteiger partial charge in [0.15, 0.2) is 11.6 Å². The van der Waals surface area contributed by atoms with Crippen LogP contribution in [0.1, 0.15) is 34.6 Å². The zero-order valence-corrected chi connectivity index (χ0v) is 17.4. The van der Waals surface area contributed by atoms with Crippen molar-refractivity contribution in [2.75, 3.05) is 6.54 Å². The van der Waals surface area contributed by atoms with Crippen molar-refractivity contribution in [3.05, 3.63) is 46.8 Å². The Labute approximate surface area is 170 Å². The third-order valence-corrected chi connectivity index (χ3v) is 5.95. The number of hydrogen-bond acceptors (Lipinski definition) is 6. The smallest absolute Gasteiger partial charge is 0.259 e. The zero-order chi connectivity index (χ0) is 21.5. The van der Waals surface area contributed by atoms with Gasteiger partial charge in [-0.1, -0.05) is 31.6 Å². The van der Waals surface area contributed by atoms with Crippen LogP contribution in [0, 0.1) is 11.8 Å². The van der Waals surface area contributed by atoms with Crippen LogP contribution in [-0.2, 0) is 19.1 Å². The van der Waals surface area contributed by atoms with E-state index in [-0.39, 0.29) is 41.9 Å². The number of allylic oxidation sites excluding steroid dienone is 3. The van der Waals surface area contributed by atoms with E-state index in [1.807, 2.05) is 40.7 Å². The molecule has 0 aliphatic carbocycles. The predicted molar refractivity (Wildman–Crippen MR) is 107 cm³/mol. The lowest BCUT2D eigenvalue weighted by Gasteiger charge is -2.52. The number of ether oxygens (including phenoxy) is 2. The fourth-order valence-corrected chi connectivity index (χ4v) is 4.19. The molecule has 29 heavy (non-hydrogen) atoms. The summed E-state index contributed by atoms with van der Waals surface area (Å²) in [7, 11) is 0. The first-order valence-electron chi connectivity index (χ1n) is 9.87. The van der Waals surface area contributed by atoms with Gasteiger partial charge in [-0.2, -0.15) is 0 Å². The Kier molecular flexibility index (Phi) is 5.85. The number of carbonyl (C=O) groups excluding carboxylic acids is 2. The third-order valence-electron chi connectivity index (χ3n) is 5.95. The number of aliphatic hydroxyl groups is 2. The molecule has 7 heteroatoms. The van der Waals surface area contributed by atoms with Crippen LogP contribution in [0.2, 0.25) is 0 Å². The maximum absolute atomic E-state index is 11.7. The highest BCUT2D eigenvalue weighted by molar-refractivity contribution is 6.25. The molecule has 3 heterocycles. The molecule has 2 saturated heterocycles. The van der Waals surface area contributed by atoms with Gasteiger partial charge in [0.25, 0.3) is 5.91 Å². The molecular formula is C22H29NO6. The molecule has 2 bridgehead atoms. The Morgan fingerprint density at radius 2 is 2.03 bits per heavy atom. The first-order chi connectivity index (χ1) is 13.5. The van der Waals surface area contributed by atoms with Gasteiger partial charge in [-0.15, -0.1) is 0 Å². The summed E-state index contributed by atoms with van der Waals surface area (Å²) in [5.41, 5.74) is 1.49. The summed E-state index contributed by atoms with van der Waals surface area (Å²) < 4.78 is 12.3. The fraction of sp³-hybridized carbons (Fsp3) is 0.545. The van der Waals surface area contributed by atoms with Crippen LogP contribution >= 0.6 is 0 Å². The lowest BCUT2D eigenvalue weighted by Crippen LogP contribution is -2.59. The Morgan fingerprint density at radius 3 is 2.66 bits per heavy atom. The molecule has 3 aliphatic heterocycles. The van der Waals surface area contributed by atoms with Crippen molar-refractivity contribution in [3.63, 3.8) is 0 Å². The van der Waals surface area contributed by atoms with Crippen molar-refractivity contribution in [2.45, 2.75) is 58.7 Å². The summed E-state index contributed by atoms with van der Waals surface area (Å²) in [4.78, 5) is 23.3. The van der Waals surface area contributed by atoms with E-state index in [1.54, 1.807) is 12.2 Å². The molecule has 0 saturated carbocycles. The van der Waals surface area contributed by atoms with E-state index in [0.717, 1.165) is 11.1 Å². The SMILES string of the molecule is CC1=C[C@H](O)[C@H]2O[C@]1(C)O[C@H]([C@H](C)/C=C(C)/C=C/C(O)=C1\C(=O)CNC1=O)[C@H]2C. The Balaban J connectivity index is 1.76. The highest BCUT2D eigenvalue weighted by Gasteiger charge is 2.50. The van der Waals surface area contributed by atoms with E-state index < -0.39 is 23.6 Å². The molecule has 0 aromatic rings. The van der Waals surface area contributed by atoms with E-state index in [2.05, 4.69) is 5.32 Å². The molecule has 2 fully saturated rings. The molecule has 0 spiro atoms. The second kappa shape index (κ2) is 7.89. The molecule has 1 amide bonds. The number of hydrogen-bond donors (Lipinski definition) is 3. The van der Waals surface area contributed by atoms with Crippen LogP contribution in [0.5, 0.6) is 0 Å². The standard InChI is InChI=1S/C22H29NO6/c1-11(6-7-15(24)18-17(26)10-23-21(18)27)8-12(2)19-14(4)20-16(25)9-13(3)22(5,28-19)29-20/h6-9,12,14,16,19-20,24-25H,10H2,1-5H3,(H,23,27)/b7-6+,11-8+,18-15-/t12-,14-,16+,19-,20+,22+/m1/s1. The molecule has 0 radical (unpaired) electrons. The lowest BCUT2D eigenvalue weighted by atomic mass is 9.81. The van der Waals surface area contributed by atoms with Crippen LogP contribution in [0.25, 0.3) is 0 Å². The first-order valence-corrected chi connectivity index (χ1v) is 9.87. The molecule has 7 nitrogen and oxygen atoms in total. The summed E-state index contributed by atoms with van der Waals surface area (Å²) in [6.45, 7) is 9.57. The van der Waals surface area contributed by atoms with Crippen molar-refractivity contribution >= 4 is 11.7 Å². The second-order valence-electron chi connectivity index (χ2n) is 8.28. The molecule has 6 atom stereocenters. The normalized spacial score (nSPS) is 38.1. The van der Waals surface area contributed by atoms with E-state index in [9.17, 15) is 19.8 Å². The second-order valence-corrected chi connectivity index (χ2v) is 8.28. The Morgan fingerprint density at radius 1 is 1.34 bits per heavy atom. The number of amides is 1. The fourth-order valence-electron chi connectivity index (χ4n) is 4.19. The van der Waals surface area contributed by atoms with Gasteiger partial charge >= 0.3 is 0 Å². The van der Waals surface area contributed by atoms with E-state index in [0.29, 0.717) is 0 Å². The topological polar surface area (TPSA) is 105 Å². The number of aliphatic hydroxyl groups excluding tert-OH is 2. The molecule has 158 valence electrons. The van der Waals surface area contributed by atoms with Crippen molar-refractivity contribution < 1.29 is 29.3 Å². The average molecular weight is 403 g/mol. The third kappa shape index (κ3) is 4.08. The lowest BCUT2D eigenvalue weighted by molar-refractivity contribution is -0.331. The average Bonchev–Trinajstić information content (AvgIpc) is 2.98. The molecule has 0 aromatic carbocycles. The number of nitrogens with one attached hydrogen (secondary N) is 1. The van der Waals surface area contributed by atoms with Crippen LogP contribution in [0.15, 0.2) is 46.8 Å². The predicted octanol–water partition coefficient (Wildman–Crippen LogP) is 2.09. The van der Waals surface area contributed by atoms with Gasteiger partial charge in [-0.05, 0) is 38.5 Å². The van der Waals surface area contributed by atoms with Gasteiger partial charge in [0.1, 0.15) is 11.3 Å². The zero-order valence-electron chi connectivity index (χ0n) is 17.4. The van der Waals surface area contributed by atoms with E-state index in [1.165, 1.54) is 6.08 Å². The Bertz CT molecular complexity index is 820. The monoisotopic (exact) mass is 403 g/mol. The van der Waals surface area contributed by atoms with Gasteiger partial charge in [0.05, 0.1) is 24.9 Å². The van der Waals surface area contributed by atoms with E-state index in [4.69, 9.17) is 9.47 Å². The molecule has 3 rings (SSSR count). The minimum Gasteiger partial charge on any atom is -0.507 e. The van der Waals surface area contributed by atoms with Gasteiger partial charge in [0, 0.05) is 11.8 Å². The van der Waals surface area contributed by atoms with Crippen molar-refractivity contribution in [3.8, 4) is 0 Å². The molecule has 0 aromatic heterocycles. The van der Waals surface area contributed by atoms with Crippen molar-refractivity contribution in [1.82, 2.24) is 5.32 Å². The van der Waals surface area contributed by atoms with Crippen molar-refractivity contribution in [2.24, 2.45) is 11.8 Å². The molecule has 3 N–H and O–H groups in total. The number of fused-ring (bicyclic) bond motifs is 2. The quantitative estimate of drug-likeness (QED) is 0.218. The van der Waals surface area contributed by atoms with Crippen LogP contribution in [-0.4, -0.2) is 52.5 Å². The minimum absolute atomic E-state index is 0.00434. The number of Topliss-reactive ketones (excluding diaryl/α,β-unsaturated/α-hetero) is 1. The maximum atomic E-state index is 11.7. The number of ketones is 1. The number of rotatable bonds is 4. The van der Waals surface area contributed by atoms with Crippen LogP contribution < -0.4 is 5.32 Å². The van der Waals surface area contributed by atoms with Crippen LogP contribution in [0.4, 0.5) is 0 Å². The van der Waals surface area contributed by atoms with Gasteiger partial charge < -0.3 is 25.0 Å². The summed E-state index contributed by atoms with van der Waals surface area (Å²) >= 11 is 0. The Hall–Kier alpha value is -2.22. The van der Waals surface area contributed by atoms with Gasteiger partial charge in [-0.3, -0.25) is 9.59 Å². The first kappa shape index (κ1) is 21.5. The highest BCUT2D eigenvalue weighted by atomic mass is 16.7. The molecule has 3 aliphatic rings. The van der Waals surface area contributed by atoms with Gasteiger partial charge in [-0.25, -0.2) is 0 Å². The largest absolute Gasteiger partial charge is 0.507 e. The van der Waals surface area contributed by atoms with E-state index >= 15 is 0 Å². The van der Waals surface area contributed by atoms with Gasteiger partial charge in [0.2, 0.25) is 0 Å².